The van der Waals surface area contributed by atoms with Gasteiger partial charge in [0.15, 0.2) is 0 Å². The molecule has 0 radical (unpaired) electrons. The van der Waals surface area contributed by atoms with Gasteiger partial charge in [0.25, 0.3) is 0 Å². The summed E-state index contributed by atoms with van der Waals surface area (Å²) in [4.78, 5) is 33.6. The standard InChI is InChI=1S/C26H28N6O3/c1-4-18-5-7-20(8-6-18)29-26(35)32-16-22(33)15-23(32)25(34)28-19-9-11-21(12-10-19)31-14-13-27-24(31)17-30(2)3/h1,5-14,22-23,33H,15-17H2,2-3H3,(H,28,34)(H,29,35)/t22-,23+/m1/s1. The molecule has 1 aliphatic rings. The molecule has 1 aliphatic heterocycles. The molecule has 2 aromatic carbocycles. The van der Waals surface area contributed by atoms with Crippen molar-refractivity contribution < 1.29 is 14.7 Å². The fourth-order valence-electron chi connectivity index (χ4n) is 4.03. The number of aromatic nitrogens is 2. The van der Waals surface area contributed by atoms with Gasteiger partial charge in [0.05, 0.1) is 12.6 Å². The molecule has 9 nitrogen and oxygen atoms in total. The largest absolute Gasteiger partial charge is 0.391 e. The summed E-state index contributed by atoms with van der Waals surface area (Å²) in [5, 5.41) is 15.8. The van der Waals surface area contributed by atoms with Gasteiger partial charge in [-0.25, -0.2) is 9.78 Å². The third-order valence-corrected chi connectivity index (χ3v) is 5.73. The SMILES string of the molecule is C#Cc1ccc(NC(=O)N2C[C@H](O)C[C@H]2C(=O)Nc2ccc(-n3ccnc3CN(C)C)cc2)cc1. The highest BCUT2D eigenvalue weighted by atomic mass is 16.3. The smallest absolute Gasteiger partial charge is 0.322 e. The number of anilines is 2. The summed E-state index contributed by atoms with van der Waals surface area (Å²) < 4.78 is 1.99. The number of likely N-dealkylation sites (tertiary alicyclic amines) is 1. The van der Waals surface area contributed by atoms with Crippen LogP contribution in [0.4, 0.5) is 16.2 Å². The van der Waals surface area contributed by atoms with E-state index in [1.807, 2.05) is 41.9 Å². The van der Waals surface area contributed by atoms with Crippen LogP contribution in [0.1, 0.15) is 17.8 Å². The molecular formula is C26H28N6O3. The van der Waals surface area contributed by atoms with Crippen molar-refractivity contribution >= 4 is 23.3 Å². The van der Waals surface area contributed by atoms with Gasteiger partial charge in [-0.05, 0) is 62.6 Å². The Balaban J connectivity index is 1.42. The van der Waals surface area contributed by atoms with Gasteiger partial charge in [0, 0.05) is 48.0 Å². The second kappa shape index (κ2) is 10.4. The minimum atomic E-state index is -0.796. The van der Waals surface area contributed by atoms with Crippen LogP contribution in [0.3, 0.4) is 0 Å². The molecule has 3 N–H and O–H groups in total. The van der Waals surface area contributed by atoms with Crippen molar-refractivity contribution in [2.24, 2.45) is 0 Å². The number of nitrogens with zero attached hydrogens (tertiary/aromatic N) is 4. The molecule has 1 aromatic heterocycles. The Morgan fingerprint density at radius 1 is 1.11 bits per heavy atom. The van der Waals surface area contributed by atoms with Crippen molar-refractivity contribution in [2.75, 3.05) is 31.3 Å². The number of aliphatic hydroxyl groups excluding tert-OH is 1. The van der Waals surface area contributed by atoms with E-state index < -0.39 is 18.2 Å². The lowest BCUT2D eigenvalue weighted by Crippen LogP contribution is -2.45. The second-order valence-corrected chi connectivity index (χ2v) is 8.70. The van der Waals surface area contributed by atoms with Crippen molar-refractivity contribution in [3.05, 3.63) is 72.3 Å². The fourth-order valence-corrected chi connectivity index (χ4v) is 4.03. The Bertz CT molecular complexity index is 1230. The summed E-state index contributed by atoms with van der Waals surface area (Å²) >= 11 is 0. The Morgan fingerprint density at radius 2 is 1.77 bits per heavy atom. The van der Waals surface area contributed by atoms with Crippen LogP contribution in [-0.2, 0) is 11.3 Å². The summed E-state index contributed by atoms with van der Waals surface area (Å²) in [6, 6.07) is 13.0. The molecule has 1 saturated heterocycles. The molecule has 2 atom stereocenters. The molecule has 180 valence electrons. The Hall–Kier alpha value is -4.13. The second-order valence-electron chi connectivity index (χ2n) is 8.70. The van der Waals surface area contributed by atoms with Crippen LogP contribution in [0.25, 0.3) is 5.69 Å². The lowest BCUT2D eigenvalue weighted by Gasteiger charge is -2.24. The van der Waals surface area contributed by atoms with Crippen LogP contribution in [0.15, 0.2) is 60.9 Å². The predicted molar refractivity (Wildman–Crippen MR) is 134 cm³/mol. The summed E-state index contributed by atoms with van der Waals surface area (Å²) in [6.45, 7) is 0.766. The summed E-state index contributed by atoms with van der Waals surface area (Å²) in [5.41, 5.74) is 2.77. The predicted octanol–water partition coefficient (Wildman–Crippen LogP) is 2.52. The first-order valence-electron chi connectivity index (χ1n) is 11.2. The number of amides is 3. The van der Waals surface area contributed by atoms with E-state index in [0.717, 1.165) is 11.5 Å². The molecule has 3 aromatic rings. The van der Waals surface area contributed by atoms with E-state index in [4.69, 9.17) is 6.42 Å². The monoisotopic (exact) mass is 472 g/mol. The highest BCUT2D eigenvalue weighted by Gasteiger charge is 2.39. The third-order valence-electron chi connectivity index (χ3n) is 5.73. The number of urea groups is 1. The molecule has 1 fully saturated rings. The van der Waals surface area contributed by atoms with Crippen molar-refractivity contribution in [1.82, 2.24) is 19.4 Å². The van der Waals surface area contributed by atoms with Crippen LogP contribution in [0.2, 0.25) is 0 Å². The van der Waals surface area contributed by atoms with Gasteiger partial charge in [-0.2, -0.15) is 0 Å². The van der Waals surface area contributed by atoms with Gasteiger partial charge in [0.2, 0.25) is 5.91 Å². The van der Waals surface area contributed by atoms with E-state index in [1.54, 1.807) is 42.6 Å². The first-order valence-corrected chi connectivity index (χ1v) is 11.2. The third kappa shape index (κ3) is 5.69. The van der Waals surface area contributed by atoms with Gasteiger partial charge < -0.3 is 30.1 Å². The maximum absolute atomic E-state index is 13.0. The van der Waals surface area contributed by atoms with Crippen LogP contribution < -0.4 is 10.6 Å². The highest BCUT2D eigenvalue weighted by molar-refractivity contribution is 5.99. The average molecular weight is 473 g/mol. The molecule has 3 amide bonds. The average Bonchev–Trinajstić information content (AvgIpc) is 3.46. The molecule has 35 heavy (non-hydrogen) atoms. The van der Waals surface area contributed by atoms with Gasteiger partial charge in [0.1, 0.15) is 11.9 Å². The molecule has 0 saturated carbocycles. The van der Waals surface area contributed by atoms with E-state index in [9.17, 15) is 14.7 Å². The zero-order valence-corrected chi connectivity index (χ0v) is 19.7. The normalized spacial score (nSPS) is 17.3. The molecule has 0 unspecified atom stereocenters. The Labute approximate surface area is 204 Å². The zero-order valence-electron chi connectivity index (χ0n) is 19.7. The van der Waals surface area contributed by atoms with E-state index in [-0.39, 0.29) is 18.9 Å². The Morgan fingerprint density at radius 3 is 2.43 bits per heavy atom. The van der Waals surface area contributed by atoms with E-state index in [0.29, 0.717) is 23.5 Å². The van der Waals surface area contributed by atoms with Crippen LogP contribution in [0, 0.1) is 12.3 Å². The molecule has 4 rings (SSSR count). The fraction of sp³-hybridized carbons (Fsp3) is 0.269. The molecule has 2 heterocycles. The Kier molecular flexibility index (Phi) is 7.15. The number of aliphatic hydroxyl groups is 1. The molecule has 0 spiro atoms. The van der Waals surface area contributed by atoms with Crippen molar-refractivity contribution in [1.29, 1.82) is 0 Å². The quantitative estimate of drug-likeness (QED) is 0.479. The first kappa shape index (κ1) is 24.0. The van der Waals surface area contributed by atoms with E-state index in [1.165, 1.54) is 4.90 Å². The lowest BCUT2D eigenvalue weighted by molar-refractivity contribution is -0.119. The zero-order chi connectivity index (χ0) is 24.9. The number of benzene rings is 2. The van der Waals surface area contributed by atoms with Crippen LogP contribution in [0.5, 0.6) is 0 Å². The number of imidazole rings is 1. The lowest BCUT2D eigenvalue weighted by atomic mass is 10.1. The number of terminal acetylenes is 1. The molecule has 0 aliphatic carbocycles. The van der Waals surface area contributed by atoms with Gasteiger partial charge in [-0.3, -0.25) is 4.79 Å². The summed E-state index contributed by atoms with van der Waals surface area (Å²) in [5.74, 6) is 3.07. The van der Waals surface area contributed by atoms with Crippen molar-refractivity contribution in [2.45, 2.75) is 25.1 Å². The minimum Gasteiger partial charge on any atom is -0.391 e. The van der Waals surface area contributed by atoms with E-state index >= 15 is 0 Å². The number of rotatable bonds is 6. The number of hydrogen-bond donors (Lipinski definition) is 3. The van der Waals surface area contributed by atoms with Crippen LogP contribution >= 0.6 is 0 Å². The number of β-amino-alcohol motifs (C(OH)–C–C–N with tert-alkyl or cyclic N) is 1. The molecular weight excluding hydrogens is 444 g/mol. The van der Waals surface area contributed by atoms with Gasteiger partial charge in [-0.1, -0.05) is 5.92 Å². The maximum atomic E-state index is 13.0. The van der Waals surface area contributed by atoms with Gasteiger partial charge in [-0.15, -0.1) is 6.42 Å². The number of nitrogens with one attached hydrogen (secondary N) is 2. The first-order chi connectivity index (χ1) is 16.8. The number of carbonyl (C=O) groups is 2. The number of hydrogen-bond acceptors (Lipinski definition) is 5. The summed E-state index contributed by atoms with van der Waals surface area (Å²) in [6.07, 6.45) is 8.39. The van der Waals surface area contributed by atoms with Crippen molar-refractivity contribution in [3.63, 3.8) is 0 Å². The maximum Gasteiger partial charge on any atom is 0.322 e. The van der Waals surface area contributed by atoms with Crippen LogP contribution in [-0.4, -0.2) is 69.2 Å². The molecule has 0 bridgehead atoms. The van der Waals surface area contributed by atoms with Crippen molar-refractivity contribution in [3.8, 4) is 18.0 Å². The molecule has 9 heteroatoms. The minimum absolute atomic E-state index is 0.0700. The topological polar surface area (TPSA) is 103 Å². The van der Waals surface area contributed by atoms with Gasteiger partial charge >= 0.3 is 6.03 Å². The summed E-state index contributed by atoms with van der Waals surface area (Å²) in [7, 11) is 3.96. The highest BCUT2D eigenvalue weighted by Crippen LogP contribution is 2.22. The number of carbonyl (C=O) groups excluding carboxylic acids is 2. The van der Waals surface area contributed by atoms with E-state index in [2.05, 4.69) is 21.5 Å².